The van der Waals surface area contributed by atoms with Gasteiger partial charge in [-0.25, -0.2) is 0 Å². The zero-order chi connectivity index (χ0) is 22.1. The van der Waals surface area contributed by atoms with Crippen LogP contribution in [0.25, 0.3) is 5.76 Å². The van der Waals surface area contributed by atoms with Crippen molar-refractivity contribution in [2.24, 2.45) is 0 Å². The number of hydrogen-bond acceptors (Lipinski definition) is 4. The molecule has 1 fully saturated rings. The topological polar surface area (TPSA) is 66.8 Å². The van der Waals surface area contributed by atoms with Crippen molar-refractivity contribution in [3.05, 3.63) is 100 Å². The molecule has 156 valence electrons. The van der Waals surface area contributed by atoms with Gasteiger partial charge in [0.05, 0.1) is 18.7 Å². The highest BCUT2D eigenvalue weighted by Crippen LogP contribution is 2.42. The highest BCUT2D eigenvalue weighted by atomic mass is 35.5. The summed E-state index contributed by atoms with van der Waals surface area (Å²) in [6, 6.07) is 20.1. The smallest absolute Gasteiger partial charge is 0.300 e. The van der Waals surface area contributed by atoms with Gasteiger partial charge in [-0.15, -0.1) is 0 Å². The van der Waals surface area contributed by atoms with Gasteiger partial charge in [0.2, 0.25) is 0 Å². The number of aryl methyl sites for hydroxylation is 1. The molecule has 5 nitrogen and oxygen atoms in total. The zero-order valence-corrected chi connectivity index (χ0v) is 17.8. The van der Waals surface area contributed by atoms with Gasteiger partial charge in [0.1, 0.15) is 11.5 Å². The molecule has 0 bridgehead atoms. The molecule has 0 radical (unpaired) electrons. The normalized spacial score (nSPS) is 17.8. The largest absolute Gasteiger partial charge is 0.507 e. The fraction of sp³-hybridized carbons (Fsp3) is 0.120. The summed E-state index contributed by atoms with van der Waals surface area (Å²) >= 11 is 6.15. The molecule has 0 saturated carbocycles. The van der Waals surface area contributed by atoms with Crippen molar-refractivity contribution in [3.8, 4) is 5.75 Å². The molecule has 1 N–H and O–H groups in total. The monoisotopic (exact) mass is 433 g/mol. The third-order valence-corrected chi connectivity index (χ3v) is 5.49. The predicted octanol–water partition coefficient (Wildman–Crippen LogP) is 5.28. The first-order valence-corrected chi connectivity index (χ1v) is 10.1. The van der Waals surface area contributed by atoms with Crippen LogP contribution in [0.1, 0.15) is 22.7 Å². The van der Waals surface area contributed by atoms with Crippen molar-refractivity contribution >= 4 is 34.7 Å². The first kappa shape index (κ1) is 20.7. The van der Waals surface area contributed by atoms with Crippen molar-refractivity contribution < 1.29 is 19.4 Å². The van der Waals surface area contributed by atoms with Crippen molar-refractivity contribution in [1.29, 1.82) is 0 Å². The number of methoxy groups -OCH3 is 1. The maximum atomic E-state index is 13.1. The lowest BCUT2D eigenvalue weighted by molar-refractivity contribution is -0.132. The number of amides is 1. The van der Waals surface area contributed by atoms with Crippen molar-refractivity contribution in [1.82, 2.24) is 0 Å². The molecule has 3 aromatic rings. The molecule has 6 heteroatoms. The minimum Gasteiger partial charge on any atom is -0.507 e. The molecule has 0 aromatic heterocycles. The number of benzene rings is 3. The average molecular weight is 434 g/mol. The van der Waals surface area contributed by atoms with E-state index in [1.807, 2.05) is 31.2 Å². The van der Waals surface area contributed by atoms with Gasteiger partial charge in [0, 0.05) is 16.3 Å². The molecule has 1 heterocycles. The number of nitrogens with zero attached hydrogens (tertiary/aromatic N) is 1. The SMILES string of the molecule is COc1ccc(/C(O)=C2\C(=O)C(=O)N(c3cccc(Cl)c3)C2c2cccc(C)c2)cc1. The van der Waals surface area contributed by atoms with Gasteiger partial charge in [0.25, 0.3) is 11.7 Å². The minimum atomic E-state index is -0.791. The lowest BCUT2D eigenvalue weighted by Gasteiger charge is -2.26. The molecule has 1 unspecified atom stereocenters. The summed E-state index contributed by atoms with van der Waals surface area (Å²) in [5.74, 6) is -1.09. The first-order valence-electron chi connectivity index (χ1n) is 9.68. The molecular formula is C25H20ClNO4. The van der Waals surface area contributed by atoms with Gasteiger partial charge >= 0.3 is 0 Å². The Kier molecular flexibility index (Phi) is 5.53. The van der Waals surface area contributed by atoms with Crippen LogP contribution in [-0.4, -0.2) is 23.9 Å². The fourth-order valence-corrected chi connectivity index (χ4v) is 3.97. The number of carbonyl (C=O) groups excluding carboxylic acids is 2. The van der Waals surface area contributed by atoms with E-state index >= 15 is 0 Å². The molecule has 1 atom stereocenters. The lowest BCUT2D eigenvalue weighted by atomic mass is 9.94. The van der Waals surface area contributed by atoms with Crippen LogP contribution in [0.5, 0.6) is 5.75 Å². The number of ketones is 1. The van der Waals surface area contributed by atoms with E-state index in [2.05, 4.69) is 0 Å². The van der Waals surface area contributed by atoms with Crippen LogP contribution in [0, 0.1) is 6.92 Å². The number of aliphatic hydroxyl groups is 1. The molecule has 4 rings (SSSR count). The van der Waals surface area contributed by atoms with E-state index in [-0.39, 0.29) is 11.3 Å². The van der Waals surface area contributed by atoms with Crippen LogP contribution in [-0.2, 0) is 9.59 Å². The van der Waals surface area contributed by atoms with E-state index in [0.717, 1.165) is 5.56 Å². The van der Waals surface area contributed by atoms with E-state index < -0.39 is 17.7 Å². The number of Topliss-reactive ketones (excluding diaryl/α,β-unsaturated/α-hetero) is 1. The Bertz CT molecular complexity index is 1200. The van der Waals surface area contributed by atoms with E-state index in [0.29, 0.717) is 27.6 Å². The zero-order valence-electron chi connectivity index (χ0n) is 17.0. The summed E-state index contributed by atoms with van der Waals surface area (Å²) < 4.78 is 5.16. The van der Waals surface area contributed by atoms with Gasteiger partial charge in [0.15, 0.2) is 0 Å². The van der Waals surface area contributed by atoms with E-state index in [1.54, 1.807) is 55.6 Å². The summed E-state index contributed by atoms with van der Waals surface area (Å²) in [5, 5.41) is 11.5. The van der Waals surface area contributed by atoms with Crippen LogP contribution >= 0.6 is 11.6 Å². The summed E-state index contributed by atoms with van der Waals surface area (Å²) in [6.45, 7) is 1.93. The molecule has 31 heavy (non-hydrogen) atoms. The third-order valence-electron chi connectivity index (χ3n) is 5.25. The number of rotatable bonds is 4. The van der Waals surface area contributed by atoms with Crippen LogP contribution in [0.3, 0.4) is 0 Å². The molecule has 1 saturated heterocycles. The molecule has 3 aromatic carbocycles. The van der Waals surface area contributed by atoms with Crippen LogP contribution in [0.2, 0.25) is 5.02 Å². The first-order chi connectivity index (χ1) is 14.9. The van der Waals surface area contributed by atoms with Gasteiger partial charge in [-0.05, 0) is 55.0 Å². The predicted molar refractivity (Wildman–Crippen MR) is 120 cm³/mol. The Morgan fingerprint density at radius 2 is 1.71 bits per heavy atom. The molecule has 0 aliphatic carbocycles. The second-order valence-electron chi connectivity index (χ2n) is 7.29. The van der Waals surface area contributed by atoms with Crippen molar-refractivity contribution in [3.63, 3.8) is 0 Å². The minimum absolute atomic E-state index is 0.0285. The Balaban J connectivity index is 1.94. The number of anilines is 1. The van der Waals surface area contributed by atoms with Crippen molar-refractivity contribution in [2.45, 2.75) is 13.0 Å². The van der Waals surface area contributed by atoms with E-state index in [9.17, 15) is 14.7 Å². The standard InChI is InChI=1S/C25H20ClNO4/c1-15-5-3-6-17(13-15)22-21(23(28)16-9-11-20(31-2)12-10-16)24(29)25(30)27(22)19-8-4-7-18(26)14-19/h3-14,22,28H,1-2H3/b23-21+. The molecule has 1 aliphatic rings. The summed E-state index contributed by atoms with van der Waals surface area (Å²) in [7, 11) is 1.54. The maximum Gasteiger partial charge on any atom is 0.300 e. The second kappa shape index (κ2) is 8.28. The second-order valence-corrected chi connectivity index (χ2v) is 7.73. The summed E-state index contributed by atoms with van der Waals surface area (Å²) in [5.41, 5.74) is 2.62. The average Bonchev–Trinajstić information content (AvgIpc) is 3.04. The number of aliphatic hydroxyl groups excluding tert-OH is 1. The van der Waals surface area contributed by atoms with Crippen LogP contribution in [0.4, 0.5) is 5.69 Å². The Morgan fingerprint density at radius 1 is 1.00 bits per heavy atom. The third kappa shape index (κ3) is 3.80. The maximum absolute atomic E-state index is 13.1. The Labute approximate surface area is 185 Å². The summed E-state index contributed by atoms with van der Waals surface area (Å²) in [4.78, 5) is 27.6. The van der Waals surface area contributed by atoms with Gasteiger partial charge < -0.3 is 9.84 Å². The van der Waals surface area contributed by atoms with E-state index in [4.69, 9.17) is 16.3 Å². The quantitative estimate of drug-likeness (QED) is 0.345. The Hall–Kier alpha value is -3.57. The summed E-state index contributed by atoms with van der Waals surface area (Å²) in [6.07, 6.45) is 0. The van der Waals surface area contributed by atoms with Gasteiger partial charge in [-0.3, -0.25) is 14.5 Å². The van der Waals surface area contributed by atoms with Gasteiger partial charge in [-0.1, -0.05) is 47.5 Å². The molecule has 1 aliphatic heterocycles. The Morgan fingerprint density at radius 3 is 2.35 bits per heavy atom. The molecule has 0 spiro atoms. The van der Waals surface area contributed by atoms with Crippen LogP contribution < -0.4 is 9.64 Å². The molecule has 1 amide bonds. The highest BCUT2D eigenvalue weighted by molar-refractivity contribution is 6.51. The highest BCUT2D eigenvalue weighted by Gasteiger charge is 2.47. The number of ether oxygens (including phenoxy) is 1. The van der Waals surface area contributed by atoms with Crippen molar-refractivity contribution in [2.75, 3.05) is 12.0 Å². The van der Waals surface area contributed by atoms with E-state index in [1.165, 1.54) is 4.90 Å². The number of halogens is 1. The van der Waals surface area contributed by atoms with Crippen LogP contribution in [0.15, 0.2) is 78.4 Å². The number of carbonyl (C=O) groups is 2. The van der Waals surface area contributed by atoms with Gasteiger partial charge in [-0.2, -0.15) is 0 Å². The molecular weight excluding hydrogens is 414 g/mol. The fourth-order valence-electron chi connectivity index (χ4n) is 3.78. The number of hydrogen-bond donors (Lipinski definition) is 1. The lowest BCUT2D eigenvalue weighted by Crippen LogP contribution is -2.29.